The Morgan fingerprint density at radius 2 is 1.92 bits per heavy atom. The van der Waals surface area contributed by atoms with Crippen molar-refractivity contribution in [1.29, 1.82) is 0 Å². The first-order chi connectivity index (χ1) is 12.3. The van der Waals surface area contributed by atoms with Crippen molar-refractivity contribution in [1.82, 2.24) is 16.2 Å². The highest BCUT2D eigenvalue weighted by Gasteiger charge is 2.25. The van der Waals surface area contributed by atoms with Gasteiger partial charge in [-0.3, -0.25) is 25.8 Å². The average molecular weight is 386 g/mol. The zero-order chi connectivity index (χ0) is 19.7. The van der Waals surface area contributed by atoms with E-state index in [9.17, 15) is 14.9 Å². The molecule has 0 saturated carbocycles. The molecule has 144 valence electrons. The van der Waals surface area contributed by atoms with Crippen LogP contribution in [0.25, 0.3) is 0 Å². The van der Waals surface area contributed by atoms with Crippen molar-refractivity contribution in [2.24, 2.45) is 0 Å². The minimum atomic E-state index is -0.744. The van der Waals surface area contributed by atoms with Crippen LogP contribution >= 0.6 is 12.2 Å². The number of nitrogens with one attached hydrogen (secondary N) is 3. The van der Waals surface area contributed by atoms with E-state index in [1.165, 1.54) is 20.3 Å². The fourth-order valence-corrected chi connectivity index (χ4v) is 2.16. The Kier molecular flexibility index (Phi) is 8.52. The van der Waals surface area contributed by atoms with Crippen molar-refractivity contribution < 1.29 is 23.9 Å². The third-order valence-corrected chi connectivity index (χ3v) is 3.20. The van der Waals surface area contributed by atoms with E-state index in [0.29, 0.717) is 6.61 Å². The second-order valence-electron chi connectivity index (χ2n) is 5.33. The second kappa shape index (κ2) is 10.4. The van der Waals surface area contributed by atoms with Crippen molar-refractivity contribution >= 4 is 28.9 Å². The van der Waals surface area contributed by atoms with Crippen LogP contribution in [0.1, 0.15) is 24.2 Å². The standard InChI is InChI=1S/C15H22N4O6S/c1-9(2)16-15(26)18-17-14(20)10-7-12(24-4)13(25-6-5-23-3)8-11(10)19(21)22/h7-9H,5-6H2,1-4H3,(H,17,20)(H2,16,18,26). The summed E-state index contributed by atoms with van der Waals surface area (Å²) in [6.07, 6.45) is 0. The van der Waals surface area contributed by atoms with Crippen LogP contribution in [0.3, 0.4) is 0 Å². The van der Waals surface area contributed by atoms with Gasteiger partial charge < -0.3 is 19.5 Å². The zero-order valence-corrected chi connectivity index (χ0v) is 15.8. The van der Waals surface area contributed by atoms with Crippen LogP contribution in [-0.2, 0) is 4.74 Å². The molecular formula is C15H22N4O6S. The molecule has 1 rings (SSSR count). The molecule has 11 heteroatoms. The molecular weight excluding hydrogens is 364 g/mol. The van der Waals surface area contributed by atoms with Gasteiger partial charge in [-0.1, -0.05) is 0 Å². The number of rotatable bonds is 8. The summed E-state index contributed by atoms with van der Waals surface area (Å²) < 4.78 is 15.4. The number of carbonyl (C=O) groups excluding carboxylic acids is 1. The molecule has 0 fully saturated rings. The van der Waals surface area contributed by atoms with Gasteiger partial charge in [0.1, 0.15) is 12.2 Å². The van der Waals surface area contributed by atoms with Gasteiger partial charge in [0.25, 0.3) is 11.6 Å². The zero-order valence-electron chi connectivity index (χ0n) is 15.0. The number of hydrazine groups is 1. The number of nitrogens with zero attached hydrogens (tertiary/aromatic N) is 1. The number of ether oxygens (including phenoxy) is 3. The topological polar surface area (TPSA) is 124 Å². The summed E-state index contributed by atoms with van der Waals surface area (Å²) in [5.74, 6) is -0.427. The molecule has 0 bridgehead atoms. The van der Waals surface area contributed by atoms with Crippen molar-refractivity contribution in [2.75, 3.05) is 27.4 Å². The lowest BCUT2D eigenvalue weighted by Gasteiger charge is -2.15. The van der Waals surface area contributed by atoms with Gasteiger partial charge in [0.2, 0.25) is 0 Å². The highest BCUT2D eigenvalue weighted by Crippen LogP contribution is 2.34. The first kappa shape index (κ1) is 21.4. The van der Waals surface area contributed by atoms with Crippen molar-refractivity contribution in [3.63, 3.8) is 0 Å². The largest absolute Gasteiger partial charge is 0.493 e. The SMILES string of the molecule is COCCOc1cc([N+](=O)[O-])c(C(=O)NNC(=S)NC(C)C)cc1OC. The Hall–Kier alpha value is -2.66. The third kappa shape index (κ3) is 6.33. The molecule has 0 aliphatic heterocycles. The molecule has 0 unspecified atom stereocenters. The van der Waals surface area contributed by atoms with E-state index >= 15 is 0 Å². The Morgan fingerprint density at radius 1 is 1.23 bits per heavy atom. The maximum Gasteiger partial charge on any atom is 0.286 e. The van der Waals surface area contributed by atoms with E-state index < -0.39 is 16.5 Å². The number of amides is 1. The molecule has 0 saturated heterocycles. The molecule has 26 heavy (non-hydrogen) atoms. The average Bonchev–Trinajstić information content (AvgIpc) is 2.58. The molecule has 0 aliphatic carbocycles. The fraction of sp³-hybridized carbons (Fsp3) is 0.467. The first-order valence-electron chi connectivity index (χ1n) is 7.65. The van der Waals surface area contributed by atoms with Gasteiger partial charge in [0, 0.05) is 19.2 Å². The minimum Gasteiger partial charge on any atom is -0.493 e. The van der Waals surface area contributed by atoms with Crippen LogP contribution in [0.5, 0.6) is 11.5 Å². The Morgan fingerprint density at radius 3 is 2.46 bits per heavy atom. The maximum atomic E-state index is 12.3. The van der Waals surface area contributed by atoms with E-state index in [2.05, 4.69) is 16.2 Å². The van der Waals surface area contributed by atoms with Crippen LogP contribution in [0.4, 0.5) is 5.69 Å². The van der Waals surface area contributed by atoms with E-state index in [1.54, 1.807) is 0 Å². The molecule has 0 aromatic heterocycles. The number of hydrogen-bond donors (Lipinski definition) is 3. The highest BCUT2D eigenvalue weighted by atomic mass is 32.1. The number of thiocarbonyl (C=S) groups is 1. The molecule has 1 aromatic rings. The van der Waals surface area contributed by atoms with Crippen molar-refractivity contribution in [3.8, 4) is 11.5 Å². The Labute approximate surface area is 156 Å². The lowest BCUT2D eigenvalue weighted by molar-refractivity contribution is -0.385. The minimum absolute atomic E-state index is 0.0601. The monoisotopic (exact) mass is 386 g/mol. The third-order valence-electron chi connectivity index (χ3n) is 2.98. The van der Waals surface area contributed by atoms with E-state index in [-0.39, 0.29) is 34.8 Å². The van der Waals surface area contributed by atoms with Gasteiger partial charge in [-0.05, 0) is 26.1 Å². The summed E-state index contributed by atoms with van der Waals surface area (Å²) in [6, 6.07) is 2.43. The van der Waals surface area contributed by atoms with Crippen molar-refractivity contribution in [3.05, 3.63) is 27.8 Å². The van der Waals surface area contributed by atoms with Gasteiger partial charge >= 0.3 is 0 Å². The summed E-state index contributed by atoms with van der Waals surface area (Å²) in [5.41, 5.74) is 4.16. The number of nitro benzene ring substituents is 1. The predicted octanol–water partition coefficient (Wildman–Crippen LogP) is 1.15. The van der Waals surface area contributed by atoms with Crippen LogP contribution < -0.4 is 25.6 Å². The van der Waals surface area contributed by atoms with Crippen LogP contribution in [0.15, 0.2) is 12.1 Å². The maximum absolute atomic E-state index is 12.3. The van der Waals surface area contributed by atoms with Gasteiger partial charge in [0.05, 0.1) is 24.7 Å². The number of methoxy groups -OCH3 is 2. The second-order valence-corrected chi connectivity index (χ2v) is 5.73. The molecule has 0 atom stereocenters. The summed E-state index contributed by atoms with van der Waals surface area (Å²) in [7, 11) is 2.87. The number of benzene rings is 1. The summed E-state index contributed by atoms with van der Waals surface area (Å²) >= 11 is 4.98. The highest BCUT2D eigenvalue weighted by molar-refractivity contribution is 7.80. The van der Waals surface area contributed by atoms with Gasteiger partial charge in [-0.2, -0.15) is 0 Å². The van der Waals surface area contributed by atoms with Crippen LogP contribution in [-0.4, -0.2) is 49.4 Å². The number of hydrogen-bond acceptors (Lipinski definition) is 7. The molecule has 0 heterocycles. The van der Waals surface area contributed by atoms with E-state index in [0.717, 1.165) is 6.07 Å². The molecule has 3 N–H and O–H groups in total. The molecule has 0 spiro atoms. The van der Waals surface area contributed by atoms with Crippen LogP contribution in [0.2, 0.25) is 0 Å². The summed E-state index contributed by atoms with van der Waals surface area (Å²) in [6.45, 7) is 4.21. The van der Waals surface area contributed by atoms with E-state index in [1.807, 2.05) is 13.8 Å². The van der Waals surface area contributed by atoms with Crippen molar-refractivity contribution in [2.45, 2.75) is 19.9 Å². The molecule has 0 aliphatic rings. The lowest BCUT2D eigenvalue weighted by Crippen LogP contribution is -2.48. The Balaban J connectivity index is 3.03. The summed E-state index contributed by atoms with van der Waals surface area (Å²) in [5, 5.41) is 14.4. The smallest absolute Gasteiger partial charge is 0.286 e. The molecule has 1 amide bonds. The summed E-state index contributed by atoms with van der Waals surface area (Å²) in [4.78, 5) is 23.0. The van der Waals surface area contributed by atoms with Gasteiger partial charge in [-0.25, -0.2) is 0 Å². The fourth-order valence-electron chi connectivity index (χ4n) is 1.87. The number of nitro groups is 1. The molecule has 0 radical (unpaired) electrons. The molecule has 1 aromatic carbocycles. The first-order valence-corrected chi connectivity index (χ1v) is 8.06. The number of carbonyl (C=O) groups is 1. The molecule has 10 nitrogen and oxygen atoms in total. The van der Waals surface area contributed by atoms with Gasteiger partial charge in [-0.15, -0.1) is 0 Å². The van der Waals surface area contributed by atoms with E-state index in [4.69, 9.17) is 26.4 Å². The lowest BCUT2D eigenvalue weighted by atomic mass is 10.1. The van der Waals surface area contributed by atoms with Crippen LogP contribution in [0, 0.1) is 10.1 Å². The normalized spacial score (nSPS) is 10.2. The Bertz CT molecular complexity index is 668. The predicted molar refractivity (Wildman–Crippen MR) is 98.5 cm³/mol. The quantitative estimate of drug-likeness (QED) is 0.261. The van der Waals surface area contributed by atoms with Gasteiger partial charge in [0.15, 0.2) is 16.6 Å².